The molecule has 1 saturated heterocycles. The number of hydrogen-bond acceptors (Lipinski definition) is 7. The second kappa shape index (κ2) is 7.45. The van der Waals surface area contributed by atoms with Gasteiger partial charge in [0, 0.05) is 11.8 Å². The van der Waals surface area contributed by atoms with E-state index in [4.69, 9.17) is 18.9 Å². The second-order valence-corrected chi connectivity index (χ2v) is 8.53. The van der Waals surface area contributed by atoms with Crippen molar-refractivity contribution in [3.8, 4) is 0 Å². The summed E-state index contributed by atoms with van der Waals surface area (Å²) in [7, 11) is 0. The molecule has 7 nitrogen and oxygen atoms in total. The Balaban J connectivity index is 1.43. The van der Waals surface area contributed by atoms with E-state index in [2.05, 4.69) is 0 Å². The first kappa shape index (κ1) is 21.9. The van der Waals surface area contributed by atoms with E-state index in [9.17, 15) is 27.6 Å². The Kier molecular flexibility index (Phi) is 5.61. The number of rotatable bonds is 8. The monoisotopic (exact) mass is 422 g/mol. The summed E-state index contributed by atoms with van der Waals surface area (Å²) in [6.07, 6.45) is -6.30. The van der Waals surface area contributed by atoms with Crippen molar-refractivity contribution in [3.05, 3.63) is 0 Å². The molecule has 1 heterocycles. The van der Waals surface area contributed by atoms with E-state index < -0.39 is 66.0 Å². The van der Waals surface area contributed by atoms with Crippen LogP contribution in [-0.4, -0.2) is 56.1 Å². The molecule has 3 rings (SSSR count). The summed E-state index contributed by atoms with van der Waals surface area (Å²) in [5, 5.41) is 0. The zero-order valence-corrected chi connectivity index (χ0v) is 16.5. The van der Waals surface area contributed by atoms with Crippen LogP contribution in [0.3, 0.4) is 0 Å². The number of halogens is 3. The highest BCUT2D eigenvalue weighted by molar-refractivity contribution is 5.82. The number of alkyl halides is 3. The number of hydrogen-bond donors (Lipinski definition) is 0. The SMILES string of the molecule is CCC(C)(C)C(=O)OCCOCC(=O)OC1C2CC3C1OC(=O)C3(C(F)(F)F)C2. The van der Waals surface area contributed by atoms with Crippen molar-refractivity contribution in [1.29, 1.82) is 0 Å². The molecule has 5 atom stereocenters. The van der Waals surface area contributed by atoms with Crippen molar-refractivity contribution in [1.82, 2.24) is 0 Å². The summed E-state index contributed by atoms with van der Waals surface area (Å²) in [5.74, 6) is -3.99. The molecule has 0 amide bonds. The Morgan fingerprint density at radius 3 is 2.55 bits per heavy atom. The molecule has 5 unspecified atom stereocenters. The van der Waals surface area contributed by atoms with Crippen molar-refractivity contribution in [2.45, 2.75) is 58.4 Å². The summed E-state index contributed by atoms with van der Waals surface area (Å²) < 4.78 is 60.8. The molecule has 0 N–H and O–H groups in total. The van der Waals surface area contributed by atoms with Crippen LogP contribution in [0.25, 0.3) is 0 Å². The van der Waals surface area contributed by atoms with Crippen molar-refractivity contribution < 1.29 is 46.5 Å². The summed E-state index contributed by atoms with van der Waals surface area (Å²) in [5.41, 5.74) is -3.07. The fourth-order valence-corrected chi connectivity index (χ4v) is 4.43. The molecule has 1 aliphatic heterocycles. The first-order valence-corrected chi connectivity index (χ1v) is 9.66. The second-order valence-electron chi connectivity index (χ2n) is 8.53. The molecule has 164 valence electrons. The number of carbonyl (C=O) groups excluding carboxylic acids is 3. The predicted octanol–water partition coefficient (Wildman–Crippen LogP) is 2.41. The lowest BCUT2D eigenvalue weighted by Crippen LogP contribution is -2.48. The van der Waals surface area contributed by atoms with E-state index in [0.29, 0.717) is 6.42 Å². The van der Waals surface area contributed by atoms with Crippen LogP contribution >= 0.6 is 0 Å². The minimum atomic E-state index is -4.68. The third-order valence-electron chi connectivity index (χ3n) is 6.46. The highest BCUT2D eigenvalue weighted by Crippen LogP contribution is 2.67. The van der Waals surface area contributed by atoms with Crippen LogP contribution in [0.1, 0.15) is 40.0 Å². The maximum Gasteiger partial charge on any atom is 0.405 e. The average Bonchev–Trinajstić information content (AvgIpc) is 3.23. The lowest BCUT2D eigenvalue weighted by atomic mass is 9.73. The van der Waals surface area contributed by atoms with Crippen molar-refractivity contribution in [2.24, 2.45) is 22.7 Å². The van der Waals surface area contributed by atoms with Gasteiger partial charge in [-0.3, -0.25) is 9.59 Å². The van der Waals surface area contributed by atoms with Crippen LogP contribution in [-0.2, 0) is 33.3 Å². The van der Waals surface area contributed by atoms with E-state index in [-0.39, 0.29) is 25.6 Å². The minimum absolute atomic E-state index is 0.0209. The van der Waals surface area contributed by atoms with Crippen LogP contribution in [0.2, 0.25) is 0 Å². The molecule has 2 saturated carbocycles. The van der Waals surface area contributed by atoms with Gasteiger partial charge in [-0.05, 0) is 33.1 Å². The first-order valence-electron chi connectivity index (χ1n) is 9.66. The smallest absolute Gasteiger partial charge is 0.405 e. The minimum Gasteiger partial charge on any atom is -0.463 e. The predicted molar refractivity (Wildman–Crippen MR) is 90.3 cm³/mol. The summed E-state index contributed by atoms with van der Waals surface area (Å²) in [4.78, 5) is 35.7. The van der Waals surface area contributed by atoms with E-state index in [1.54, 1.807) is 13.8 Å². The molecule has 0 aromatic carbocycles. The van der Waals surface area contributed by atoms with Crippen LogP contribution in [0.15, 0.2) is 0 Å². The molecule has 2 aliphatic carbocycles. The number of ether oxygens (including phenoxy) is 4. The van der Waals surface area contributed by atoms with Crippen molar-refractivity contribution in [3.63, 3.8) is 0 Å². The number of carbonyl (C=O) groups is 3. The molecular weight excluding hydrogens is 397 g/mol. The Bertz CT molecular complexity index is 690. The molecule has 0 aromatic rings. The fraction of sp³-hybridized carbons (Fsp3) is 0.842. The van der Waals surface area contributed by atoms with Crippen LogP contribution in [0.5, 0.6) is 0 Å². The number of esters is 3. The van der Waals surface area contributed by atoms with Gasteiger partial charge >= 0.3 is 24.1 Å². The van der Waals surface area contributed by atoms with Gasteiger partial charge in [0.2, 0.25) is 0 Å². The first-order chi connectivity index (χ1) is 13.4. The van der Waals surface area contributed by atoms with E-state index in [0.717, 1.165) is 0 Å². The Labute approximate surface area is 166 Å². The van der Waals surface area contributed by atoms with Gasteiger partial charge in [-0.15, -0.1) is 0 Å². The van der Waals surface area contributed by atoms with Crippen LogP contribution in [0.4, 0.5) is 13.2 Å². The molecule has 0 spiro atoms. The highest BCUT2D eigenvalue weighted by Gasteiger charge is 2.80. The van der Waals surface area contributed by atoms with Gasteiger partial charge in [0.25, 0.3) is 0 Å². The molecular formula is C19H25F3O7. The molecule has 10 heteroatoms. The fourth-order valence-electron chi connectivity index (χ4n) is 4.43. The lowest BCUT2D eigenvalue weighted by molar-refractivity contribution is -0.231. The molecule has 3 aliphatic rings. The zero-order chi connectivity index (χ0) is 21.6. The third kappa shape index (κ3) is 3.60. The van der Waals surface area contributed by atoms with E-state index in [1.807, 2.05) is 6.92 Å². The third-order valence-corrected chi connectivity index (χ3v) is 6.46. The Hall–Kier alpha value is -1.84. The zero-order valence-electron chi connectivity index (χ0n) is 16.5. The Morgan fingerprint density at radius 2 is 1.93 bits per heavy atom. The number of fused-ring (bicyclic) bond motifs is 1. The molecule has 0 radical (unpaired) electrons. The van der Waals surface area contributed by atoms with E-state index in [1.165, 1.54) is 0 Å². The van der Waals surface area contributed by atoms with Crippen LogP contribution in [0, 0.1) is 22.7 Å². The quantitative estimate of drug-likeness (QED) is 0.337. The maximum absolute atomic E-state index is 13.5. The van der Waals surface area contributed by atoms with Gasteiger partial charge in [0.15, 0.2) is 5.41 Å². The average molecular weight is 422 g/mol. The van der Waals surface area contributed by atoms with Gasteiger partial charge in [0.05, 0.1) is 12.0 Å². The molecule has 3 fully saturated rings. The van der Waals surface area contributed by atoms with E-state index >= 15 is 0 Å². The maximum atomic E-state index is 13.5. The topological polar surface area (TPSA) is 88.1 Å². The lowest BCUT2D eigenvalue weighted by Gasteiger charge is -2.33. The van der Waals surface area contributed by atoms with Gasteiger partial charge < -0.3 is 18.9 Å². The summed E-state index contributed by atoms with van der Waals surface area (Å²) in [6.45, 7) is 4.89. The highest BCUT2D eigenvalue weighted by atomic mass is 19.4. The van der Waals surface area contributed by atoms with Gasteiger partial charge in [-0.2, -0.15) is 13.2 Å². The summed E-state index contributed by atoms with van der Waals surface area (Å²) in [6, 6.07) is 0. The van der Waals surface area contributed by atoms with Crippen molar-refractivity contribution in [2.75, 3.05) is 19.8 Å². The summed E-state index contributed by atoms with van der Waals surface area (Å²) >= 11 is 0. The molecule has 0 aromatic heterocycles. The Morgan fingerprint density at radius 1 is 1.24 bits per heavy atom. The largest absolute Gasteiger partial charge is 0.463 e. The van der Waals surface area contributed by atoms with Gasteiger partial charge in [-0.1, -0.05) is 6.92 Å². The normalized spacial score (nSPS) is 33.0. The van der Waals surface area contributed by atoms with Gasteiger partial charge in [-0.25, -0.2) is 4.79 Å². The van der Waals surface area contributed by atoms with Crippen molar-refractivity contribution >= 4 is 17.9 Å². The van der Waals surface area contributed by atoms with Gasteiger partial charge in [0.1, 0.15) is 25.4 Å². The molecule has 29 heavy (non-hydrogen) atoms. The standard InChI is InChI=1S/C19H25F3O7/c1-4-17(2,3)15(24)27-6-5-26-9-12(23)28-13-10-7-11-14(13)29-16(25)18(11,8-10)19(20,21)22/h10-11,13-14H,4-9H2,1-3H3. The molecule has 2 bridgehead atoms. The van der Waals surface area contributed by atoms with Crippen LogP contribution < -0.4 is 0 Å².